The lowest BCUT2D eigenvalue weighted by molar-refractivity contribution is -0.119. The Balaban J connectivity index is 1.41. The lowest BCUT2D eigenvalue weighted by atomic mass is 9.92. The van der Waals surface area contributed by atoms with Gasteiger partial charge in [-0.25, -0.2) is 0 Å². The van der Waals surface area contributed by atoms with Crippen LogP contribution in [0.2, 0.25) is 0 Å². The predicted molar refractivity (Wildman–Crippen MR) is 114 cm³/mol. The van der Waals surface area contributed by atoms with Crippen LogP contribution in [0.1, 0.15) is 42.7 Å². The van der Waals surface area contributed by atoms with E-state index in [2.05, 4.69) is 6.07 Å². The van der Waals surface area contributed by atoms with Crippen molar-refractivity contribution in [2.75, 3.05) is 24.8 Å². The summed E-state index contributed by atoms with van der Waals surface area (Å²) in [4.78, 5) is 14.6. The van der Waals surface area contributed by atoms with Crippen LogP contribution >= 0.6 is 0 Å². The quantitative estimate of drug-likeness (QED) is 0.777. The fourth-order valence-electron chi connectivity index (χ4n) is 5.51. The number of likely N-dealkylation sites (N-methyl/N-ethyl adjacent to an activating group) is 1. The van der Waals surface area contributed by atoms with E-state index in [0.717, 1.165) is 40.7 Å². The summed E-state index contributed by atoms with van der Waals surface area (Å²) in [7, 11) is 3.51. The number of carbonyl (C=O) groups is 1. The molecule has 2 saturated carbocycles. The molecule has 2 aliphatic carbocycles. The van der Waals surface area contributed by atoms with Crippen molar-refractivity contribution in [1.82, 2.24) is 0 Å². The Hall–Kier alpha value is -2.69. The second-order valence-corrected chi connectivity index (χ2v) is 8.79. The maximum atomic E-state index is 12.9. The molecule has 0 radical (unpaired) electrons. The molecule has 5 rings (SSSR count). The standard InChI is InChI=1S/C24H28N2O3/c1-26-20-7-6-17(25)13-18(20)19(24(26)27)10-15-4-8-21(28-2)23(12-15)29-22-11-14-3-5-16(22)9-14/h4,6-8,12-14,16,19,22H,3,5,9-11,25H2,1-2H3. The summed E-state index contributed by atoms with van der Waals surface area (Å²) in [5, 5.41) is 0. The largest absolute Gasteiger partial charge is 0.493 e. The Morgan fingerprint density at radius 1 is 1.10 bits per heavy atom. The smallest absolute Gasteiger partial charge is 0.234 e. The third kappa shape index (κ3) is 3.13. The number of nitrogens with two attached hydrogens (primary N) is 1. The first-order valence-electron chi connectivity index (χ1n) is 10.5. The minimum atomic E-state index is -0.220. The molecule has 5 heteroatoms. The third-order valence-corrected chi connectivity index (χ3v) is 7.04. The molecule has 1 aliphatic heterocycles. The van der Waals surface area contributed by atoms with Gasteiger partial charge in [-0.15, -0.1) is 0 Å². The van der Waals surface area contributed by atoms with Gasteiger partial charge in [-0.05, 0) is 85.4 Å². The third-order valence-electron chi connectivity index (χ3n) is 7.04. The zero-order chi connectivity index (χ0) is 20.1. The van der Waals surface area contributed by atoms with Gasteiger partial charge in [0.15, 0.2) is 11.5 Å². The molecule has 3 aliphatic rings. The lowest BCUT2D eigenvalue weighted by Crippen LogP contribution is -2.25. The summed E-state index contributed by atoms with van der Waals surface area (Å²) in [6, 6.07) is 11.8. The van der Waals surface area contributed by atoms with Crippen molar-refractivity contribution in [3.63, 3.8) is 0 Å². The van der Waals surface area contributed by atoms with Crippen molar-refractivity contribution in [3.8, 4) is 11.5 Å². The van der Waals surface area contributed by atoms with E-state index < -0.39 is 0 Å². The molecule has 0 spiro atoms. The van der Waals surface area contributed by atoms with Gasteiger partial charge in [-0.2, -0.15) is 0 Å². The van der Waals surface area contributed by atoms with Crippen LogP contribution < -0.4 is 20.1 Å². The number of nitrogen functional groups attached to an aromatic ring is 1. The van der Waals surface area contributed by atoms with E-state index in [0.29, 0.717) is 18.0 Å². The zero-order valence-corrected chi connectivity index (χ0v) is 17.1. The summed E-state index contributed by atoms with van der Waals surface area (Å²) in [5.41, 5.74) is 9.71. The summed E-state index contributed by atoms with van der Waals surface area (Å²) >= 11 is 0. The Morgan fingerprint density at radius 2 is 1.97 bits per heavy atom. The highest BCUT2D eigenvalue weighted by molar-refractivity contribution is 6.05. The van der Waals surface area contributed by atoms with Crippen LogP contribution in [0.5, 0.6) is 11.5 Å². The first-order valence-corrected chi connectivity index (χ1v) is 10.5. The number of ether oxygens (including phenoxy) is 2. The van der Waals surface area contributed by atoms with Crippen molar-refractivity contribution < 1.29 is 14.3 Å². The highest BCUT2D eigenvalue weighted by Crippen LogP contribution is 2.47. The highest BCUT2D eigenvalue weighted by Gasteiger charge is 2.41. The van der Waals surface area contributed by atoms with Gasteiger partial charge in [0.1, 0.15) is 6.10 Å². The van der Waals surface area contributed by atoms with E-state index in [9.17, 15) is 4.79 Å². The maximum Gasteiger partial charge on any atom is 0.234 e. The van der Waals surface area contributed by atoms with E-state index in [4.69, 9.17) is 15.2 Å². The molecule has 29 heavy (non-hydrogen) atoms. The van der Waals surface area contributed by atoms with Gasteiger partial charge in [-0.3, -0.25) is 4.79 Å². The molecule has 0 saturated heterocycles. The summed E-state index contributed by atoms with van der Waals surface area (Å²) in [6.07, 6.45) is 5.99. The summed E-state index contributed by atoms with van der Waals surface area (Å²) in [6.45, 7) is 0. The van der Waals surface area contributed by atoms with E-state index >= 15 is 0 Å². The molecule has 4 atom stereocenters. The molecule has 4 unspecified atom stereocenters. The molecule has 2 aromatic rings. The molecule has 0 aromatic heterocycles. The minimum Gasteiger partial charge on any atom is -0.493 e. The second kappa shape index (κ2) is 6.97. The van der Waals surface area contributed by atoms with Gasteiger partial charge in [0.2, 0.25) is 5.91 Å². The van der Waals surface area contributed by atoms with Crippen molar-refractivity contribution in [2.24, 2.45) is 11.8 Å². The number of hydrogen-bond acceptors (Lipinski definition) is 4. The SMILES string of the molecule is COc1ccc(CC2C(=O)N(C)c3ccc(N)cc32)cc1OC1CC2CCC1C2. The summed E-state index contributed by atoms with van der Waals surface area (Å²) in [5.74, 6) is 2.95. The minimum absolute atomic E-state index is 0.108. The molecular weight excluding hydrogens is 364 g/mol. The van der Waals surface area contributed by atoms with Gasteiger partial charge in [0.25, 0.3) is 0 Å². The molecule has 2 bridgehead atoms. The zero-order valence-electron chi connectivity index (χ0n) is 17.1. The topological polar surface area (TPSA) is 64.8 Å². The first-order chi connectivity index (χ1) is 14.0. The number of fused-ring (bicyclic) bond motifs is 3. The van der Waals surface area contributed by atoms with Crippen LogP contribution in [0.3, 0.4) is 0 Å². The molecular formula is C24H28N2O3. The van der Waals surface area contributed by atoms with Crippen LogP contribution in [0.15, 0.2) is 36.4 Å². The van der Waals surface area contributed by atoms with E-state index in [1.807, 2.05) is 37.4 Å². The summed E-state index contributed by atoms with van der Waals surface area (Å²) < 4.78 is 12.0. The van der Waals surface area contributed by atoms with Crippen molar-refractivity contribution in [3.05, 3.63) is 47.5 Å². The van der Waals surface area contributed by atoms with Crippen LogP contribution in [0, 0.1) is 11.8 Å². The van der Waals surface area contributed by atoms with Crippen molar-refractivity contribution in [2.45, 2.75) is 44.1 Å². The lowest BCUT2D eigenvalue weighted by Gasteiger charge is -2.24. The average Bonchev–Trinajstić information content (AvgIpc) is 3.39. The van der Waals surface area contributed by atoms with E-state index in [-0.39, 0.29) is 17.9 Å². The number of rotatable bonds is 5. The number of carbonyl (C=O) groups excluding carboxylic acids is 1. The van der Waals surface area contributed by atoms with Crippen molar-refractivity contribution in [1.29, 1.82) is 0 Å². The Labute approximate surface area is 171 Å². The first kappa shape index (κ1) is 18.3. The fraction of sp³-hybridized carbons (Fsp3) is 0.458. The van der Waals surface area contributed by atoms with Crippen LogP contribution in [0.4, 0.5) is 11.4 Å². The Kier molecular flexibility index (Phi) is 4.41. The maximum absolute atomic E-state index is 12.9. The van der Waals surface area contributed by atoms with Gasteiger partial charge in [-0.1, -0.05) is 6.07 Å². The predicted octanol–water partition coefficient (Wildman–Crippen LogP) is 4.15. The van der Waals surface area contributed by atoms with Crippen LogP contribution in [-0.2, 0) is 11.2 Å². The Bertz CT molecular complexity index is 957. The highest BCUT2D eigenvalue weighted by atomic mass is 16.5. The normalized spacial score (nSPS) is 27.4. The number of anilines is 2. The van der Waals surface area contributed by atoms with Crippen molar-refractivity contribution >= 4 is 17.3 Å². The molecule has 5 nitrogen and oxygen atoms in total. The molecule has 2 fully saturated rings. The number of nitrogens with zero attached hydrogens (tertiary/aromatic N) is 1. The molecule has 2 aromatic carbocycles. The second-order valence-electron chi connectivity index (χ2n) is 8.79. The van der Waals surface area contributed by atoms with Crippen LogP contribution in [0.25, 0.3) is 0 Å². The average molecular weight is 392 g/mol. The number of methoxy groups -OCH3 is 1. The Morgan fingerprint density at radius 3 is 2.69 bits per heavy atom. The van der Waals surface area contributed by atoms with Gasteiger partial charge in [0, 0.05) is 18.4 Å². The molecule has 1 heterocycles. The number of benzene rings is 2. The van der Waals surface area contributed by atoms with E-state index in [1.165, 1.54) is 19.3 Å². The van der Waals surface area contributed by atoms with Gasteiger partial charge >= 0.3 is 0 Å². The fourth-order valence-corrected chi connectivity index (χ4v) is 5.51. The van der Waals surface area contributed by atoms with Crippen LogP contribution in [-0.4, -0.2) is 26.2 Å². The van der Waals surface area contributed by atoms with Gasteiger partial charge < -0.3 is 20.1 Å². The molecule has 2 N–H and O–H groups in total. The molecule has 1 amide bonds. The molecule has 152 valence electrons. The van der Waals surface area contributed by atoms with E-state index in [1.54, 1.807) is 12.0 Å². The number of amides is 1. The van der Waals surface area contributed by atoms with Gasteiger partial charge in [0.05, 0.1) is 13.0 Å². The monoisotopic (exact) mass is 392 g/mol. The number of hydrogen-bond donors (Lipinski definition) is 1.